The highest BCUT2D eigenvalue weighted by molar-refractivity contribution is 8.16. The van der Waals surface area contributed by atoms with Gasteiger partial charge in [0.15, 0.2) is 0 Å². The Labute approximate surface area is 105 Å². The monoisotopic (exact) mass is 246 g/mol. The van der Waals surface area contributed by atoms with Gasteiger partial charge in [-0.05, 0) is 28.8 Å². The number of hydrogen-bond acceptors (Lipinski definition) is 2. The maximum atomic E-state index is 2.31. The van der Waals surface area contributed by atoms with Gasteiger partial charge in [0.05, 0.1) is 0 Å². The van der Waals surface area contributed by atoms with Crippen LogP contribution >= 0.6 is 23.5 Å². The van der Waals surface area contributed by atoms with Crippen molar-refractivity contribution in [1.29, 1.82) is 0 Å². The van der Waals surface area contributed by atoms with Crippen molar-refractivity contribution in [2.45, 2.75) is 23.0 Å². The average Bonchev–Trinajstić information content (AvgIpc) is 2.31. The van der Waals surface area contributed by atoms with Crippen molar-refractivity contribution in [3.05, 3.63) is 47.5 Å². The van der Waals surface area contributed by atoms with Gasteiger partial charge in [0, 0.05) is 16.1 Å². The van der Waals surface area contributed by atoms with Gasteiger partial charge in [-0.3, -0.25) is 0 Å². The summed E-state index contributed by atoms with van der Waals surface area (Å²) in [5.41, 5.74) is 3.01. The molecule has 0 aliphatic carbocycles. The van der Waals surface area contributed by atoms with E-state index in [1.807, 2.05) is 0 Å². The van der Waals surface area contributed by atoms with E-state index in [1.54, 1.807) is 0 Å². The van der Waals surface area contributed by atoms with Crippen molar-refractivity contribution in [3.8, 4) is 0 Å². The third-order valence-electron chi connectivity index (χ3n) is 3.02. The molecule has 2 aromatic carbocycles. The summed E-state index contributed by atoms with van der Waals surface area (Å²) in [5.74, 6) is 2.28. The van der Waals surface area contributed by atoms with Crippen LogP contribution < -0.4 is 0 Å². The van der Waals surface area contributed by atoms with Gasteiger partial charge in [-0.1, -0.05) is 36.4 Å². The molecule has 0 atom stereocenters. The summed E-state index contributed by atoms with van der Waals surface area (Å²) < 4.78 is 0.698. The molecule has 2 heteroatoms. The van der Waals surface area contributed by atoms with Crippen molar-refractivity contribution in [3.63, 3.8) is 0 Å². The van der Waals surface area contributed by atoms with E-state index < -0.39 is 0 Å². The van der Waals surface area contributed by atoms with E-state index in [-0.39, 0.29) is 0 Å². The fourth-order valence-electron chi connectivity index (χ4n) is 2.20. The van der Waals surface area contributed by atoms with Gasteiger partial charge in [0.25, 0.3) is 0 Å². The summed E-state index contributed by atoms with van der Waals surface area (Å²) in [7, 11) is 0. The SMILES string of the molecule is CC1SCc2cccc3cccc(c23)CS1. The number of rotatable bonds is 0. The van der Waals surface area contributed by atoms with Crippen molar-refractivity contribution in [1.82, 2.24) is 0 Å². The van der Waals surface area contributed by atoms with Gasteiger partial charge in [-0.25, -0.2) is 0 Å². The Balaban J connectivity index is 2.23. The van der Waals surface area contributed by atoms with E-state index in [1.165, 1.54) is 21.9 Å². The molecule has 0 fully saturated rings. The highest BCUT2D eigenvalue weighted by atomic mass is 32.2. The minimum atomic E-state index is 0.698. The van der Waals surface area contributed by atoms with Crippen LogP contribution in [0.25, 0.3) is 10.8 Å². The first-order chi connectivity index (χ1) is 7.84. The van der Waals surface area contributed by atoms with Gasteiger partial charge < -0.3 is 0 Å². The molecule has 82 valence electrons. The second-order valence-electron chi connectivity index (χ2n) is 4.12. The first-order valence-electron chi connectivity index (χ1n) is 5.57. The largest absolute Gasteiger partial charge is 0.143 e. The second kappa shape index (κ2) is 4.34. The molecule has 0 saturated carbocycles. The molecule has 0 unspecified atom stereocenters. The van der Waals surface area contributed by atoms with E-state index in [4.69, 9.17) is 0 Å². The van der Waals surface area contributed by atoms with Crippen molar-refractivity contribution >= 4 is 34.3 Å². The predicted molar refractivity (Wildman–Crippen MR) is 76.0 cm³/mol. The topological polar surface area (TPSA) is 0 Å². The normalized spacial score (nSPS) is 17.1. The van der Waals surface area contributed by atoms with Crippen molar-refractivity contribution < 1.29 is 0 Å². The first-order valence-corrected chi connectivity index (χ1v) is 7.67. The molecule has 0 radical (unpaired) electrons. The summed E-state index contributed by atoms with van der Waals surface area (Å²) in [5, 5.41) is 2.89. The van der Waals surface area contributed by atoms with Crippen molar-refractivity contribution in [2.75, 3.05) is 0 Å². The number of thioether (sulfide) groups is 2. The molecular weight excluding hydrogens is 232 g/mol. The molecule has 0 spiro atoms. The lowest BCUT2D eigenvalue weighted by Crippen LogP contribution is -1.99. The third kappa shape index (κ3) is 1.85. The van der Waals surface area contributed by atoms with Crippen LogP contribution in [-0.4, -0.2) is 4.58 Å². The fourth-order valence-corrected chi connectivity index (χ4v) is 4.31. The summed E-state index contributed by atoms with van der Waals surface area (Å²) >= 11 is 4.10. The maximum Gasteiger partial charge on any atom is 0.0481 e. The van der Waals surface area contributed by atoms with Crippen molar-refractivity contribution in [2.24, 2.45) is 0 Å². The minimum Gasteiger partial charge on any atom is -0.143 e. The summed E-state index contributed by atoms with van der Waals surface area (Å²) in [6.07, 6.45) is 0. The van der Waals surface area contributed by atoms with E-state index >= 15 is 0 Å². The Morgan fingerprint density at radius 1 is 0.938 bits per heavy atom. The standard InChI is InChI=1S/C14H14S2/c1-10-15-8-12-6-2-4-11-5-3-7-13(9-16-10)14(11)12/h2-7,10H,8-9H2,1H3. The molecule has 3 rings (SSSR count). The molecule has 0 aromatic heterocycles. The Bertz CT molecular complexity index is 476. The third-order valence-corrected chi connectivity index (χ3v) is 5.74. The Morgan fingerprint density at radius 3 is 2.06 bits per heavy atom. The lowest BCUT2D eigenvalue weighted by atomic mass is 10.0. The van der Waals surface area contributed by atoms with Crippen LogP contribution in [0.3, 0.4) is 0 Å². The molecule has 16 heavy (non-hydrogen) atoms. The fraction of sp³-hybridized carbons (Fsp3) is 0.286. The Morgan fingerprint density at radius 2 is 1.50 bits per heavy atom. The van der Waals surface area contributed by atoms with E-state index in [9.17, 15) is 0 Å². The summed E-state index contributed by atoms with van der Waals surface area (Å²) in [4.78, 5) is 0. The highest BCUT2D eigenvalue weighted by Crippen LogP contribution is 2.36. The molecule has 0 saturated heterocycles. The lowest BCUT2D eigenvalue weighted by Gasteiger charge is -2.18. The van der Waals surface area contributed by atoms with Gasteiger partial charge in [-0.2, -0.15) is 0 Å². The van der Waals surface area contributed by atoms with Gasteiger partial charge in [0.1, 0.15) is 0 Å². The molecule has 1 heterocycles. The number of hydrogen-bond donors (Lipinski definition) is 0. The minimum absolute atomic E-state index is 0.698. The van der Waals surface area contributed by atoms with E-state index in [0.29, 0.717) is 4.58 Å². The molecule has 0 amide bonds. The van der Waals surface area contributed by atoms with Crippen LogP contribution in [-0.2, 0) is 11.5 Å². The van der Waals surface area contributed by atoms with Gasteiger partial charge >= 0.3 is 0 Å². The highest BCUT2D eigenvalue weighted by Gasteiger charge is 2.13. The molecule has 1 aliphatic rings. The molecule has 0 nitrogen and oxygen atoms in total. The predicted octanol–water partition coefficient (Wildman–Crippen LogP) is 4.67. The second-order valence-corrected chi connectivity index (χ2v) is 7.08. The van der Waals surface area contributed by atoms with Crippen LogP contribution in [0, 0.1) is 0 Å². The zero-order chi connectivity index (χ0) is 11.0. The van der Waals surface area contributed by atoms with Gasteiger partial charge in [0.2, 0.25) is 0 Å². The number of benzene rings is 2. The summed E-state index contributed by atoms with van der Waals surface area (Å²) in [6.45, 7) is 2.31. The quantitative estimate of drug-likeness (QED) is 0.662. The summed E-state index contributed by atoms with van der Waals surface area (Å²) in [6, 6.07) is 13.4. The Hall–Kier alpha value is -0.600. The zero-order valence-electron chi connectivity index (χ0n) is 9.27. The smallest absolute Gasteiger partial charge is 0.0481 e. The maximum absolute atomic E-state index is 2.31. The van der Waals surface area contributed by atoms with E-state index in [0.717, 1.165) is 11.5 Å². The van der Waals surface area contributed by atoms with Crippen LogP contribution in [0.5, 0.6) is 0 Å². The van der Waals surface area contributed by atoms with E-state index in [2.05, 4.69) is 66.8 Å². The van der Waals surface area contributed by atoms with Crippen LogP contribution in [0.2, 0.25) is 0 Å². The van der Waals surface area contributed by atoms with Gasteiger partial charge in [-0.15, -0.1) is 23.5 Å². The van der Waals surface area contributed by atoms with Crippen LogP contribution in [0.4, 0.5) is 0 Å². The van der Waals surface area contributed by atoms with Crippen LogP contribution in [0.1, 0.15) is 18.1 Å². The molecule has 2 aromatic rings. The van der Waals surface area contributed by atoms with Crippen LogP contribution in [0.15, 0.2) is 36.4 Å². The first kappa shape index (κ1) is 10.5. The molecule has 0 N–H and O–H groups in total. The average molecular weight is 246 g/mol. The zero-order valence-corrected chi connectivity index (χ0v) is 10.9. The molecule has 1 aliphatic heterocycles. The molecular formula is C14H14S2. The lowest BCUT2D eigenvalue weighted by molar-refractivity contribution is 1.32. The Kier molecular flexibility index (Phi) is 2.86. The molecule has 0 bridgehead atoms.